The molecule has 0 aliphatic rings. The molecular weight excluding hydrogens is 740 g/mol. The summed E-state index contributed by atoms with van der Waals surface area (Å²) in [6.07, 6.45) is 16.6. The summed E-state index contributed by atoms with van der Waals surface area (Å²) in [4.78, 5) is 0. The molecular formula is C46H50Br2N2+2. The average molecular weight is 791 g/mol. The van der Waals surface area contributed by atoms with Crippen molar-refractivity contribution in [2.45, 2.75) is 92.2 Å². The molecule has 0 unspecified atom stereocenters. The monoisotopic (exact) mass is 788 g/mol. The van der Waals surface area contributed by atoms with Crippen molar-refractivity contribution in [3.63, 3.8) is 0 Å². The molecule has 256 valence electrons. The third-order valence-corrected chi connectivity index (χ3v) is 9.17. The van der Waals surface area contributed by atoms with Gasteiger partial charge in [-0.25, -0.2) is 9.13 Å². The van der Waals surface area contributed by atoms with E-state index in [1.807, 2.05) is 36.4 Å². The van der Waals surface area contributed by atoms with E-state index >= 15 is 0 Å². The number of hydrogen-bond acceptors (Lipinski definition) is 0. The molecule has 0 spiro atoms. The van der Waals surface area contributed by atoms with Crippen LogP contribution in [0.3, 0.4) is 0 Å². The molecule has 2 aromatic heterocycles. The van der Waals surface area contributed by atoms with Gasteiger partial charge in [-0.3, -0.25) is 0 Å². The van der Waals surface area contributed by atoms with Gasteiger partial charge in [-0.2, -0.15) is 0 Å². The third-order valence-electron chi connectivity index (χ3n) is 8.05. The molecule has 0 bridgehead atoms. The van der Waals surface area contributed by atoms with Gasteiger partial charge in [-0.1, -0.05) is 103 Å². The van der Waals surface area contributed by atoms with E-state index in [0.29, 0.717) is 0 Å². The fraction of sp³-hybridized carbons (Fsp3) is 0.348. The SMILES string of the molecule is BrCCCC#Cc1ccccc1C#CCCCBr.Cc1cc[n+](CCCC#Cc2ccccc2C#CCCC[n+]2ccc(C)c(C)c2)cc1C. The molecule has 0 radical (unpaired) electrons. The highest BCUT2D eigenvalue weighted by atomic mass is 79.9. The number of alkyl halides is 2. The molecule has 2 nitrogen and oxygen atoms in total. The van der Waals surface area contributed by atoms with Gasteiger partial charge < -0.3 is 0 Å². The van der Waals surface area contributed by atoms with Crippen molar-refractivity contribution in [3.8, 4) is 47.4 Å². The quantitative estimate of drug-likeness (QED) is 0.0655. The predicted octanol–water partition coefficient (Wildman–Crippen LogP) is 9.90. The number of nitrogens with zero attached hydrogens (tertiary/aromatic N) is 2. The largest absolute Gasteiger partial charge is 0.205 e. The first-order chi connectivity index (χ1) is 24.4. The molecule has 0 saturated heterocycles. The number of halogens is 2. The first kappa shape index (κ1) is 40.4. The summed E-state index contributed by atoms with van der Waals surface area (Å²) in [5.74, 6) is 26.1. The van der Waals surface area contributed by atoms with E-state index in [0.717, 1.165) is 97.4 Å². The molecule has 0 aliphatic carbocycles. The van der Waals surface area contributed by atoms with Crippen molar-refractivity contribution in [3.05, 3.63) is 130 Å². The number of benzene rings is 2. The first-order valence-electron chi connectivity index (χ1n) is 17.6. The Labute approximate surface area is 319 Å². The van der Waals surface area contributed by atoms with Crippen LogP contribution < -0.4 is 9.13 Å². The number of unbranched alkanes of at least 4 members (excludes halogenated alkanes) is 4. The van der Waals surface area contributed by atoms with Gasteiger partial charge in [0.25, 0.3) is 0 Å². The summed E-state index contributed by atoms with van der Waals surface area (Å²) in [6.45, 7) is 10.6. The van der Waals surface area contributed by atoms with E-state index in [4.69, 9.17) is 0 Å². The molecule has 0 aliphatic heterocycles. The van der Waals surface area contributed by atoms with Gasteiger partial charge in [0.2, 0.25) is 0 Å². The van der Waals surface area contributed by atoms with E-state index in [1.165, 1.54) is 22.3 Å². The Morgan fingerprint density at radius 1 is 0.440 bits per heavy atom. The number of pyridine rings is 2. The Balaban J connectivity index is 0.000000319. The minimum absolute atomic E-state index is 0.884. The van der Waals surface area contributed by atoms with E-state index in [2.05, 4.69) is 165 Å². The zero-order chi connectivity index (χ0) is 35.8. The van der Waals surface area contributed by atoms with Gasteiger partial charge in [-0.05, 0) is 75.9 Å². The number of rotatable bonds is 10. The standard InChI is InChI=1S/C30H34N2.C16H16Br2/c1-25-17-21-31(23-27(25)3)19-11-5-7-13-29-15-9-10-16-30(29)14-8-6-12-20-32-22-18-26(2)28(4)24-32;17-13-7-1-3-9-15-11-5-6-12-16(15)10-4-2-8-14-18/h9-10,15-18,21-24H,5-6,11-12,19-20H2,1-4H3;5-6,11-12H,1-2,7-8,13-14H2/q+2;. The van der Waals surface area contributed by atoms with E-state index in [9.17, 15) is 0 Å². The van der Waals surface area contributed by atoms with Crippen molar-refractivity contribution in [2.24, 2.45) is 0 Å². The Bertz CT molecular complexity index is 1770. The van der Waals surface area contributed by atoms with E-state index in [1.54, 1.807) is 0 Å². The van der Waals surface area contributed by atoms with Crippen LogP contribution in [0.15, 0.2) is 85.5 Å². The van der Waals surface area contributed by atoms with Crippen molar-refractivity contribution in [2.75, 3.05) is 10.7 Å². The molecule has 0 atom stereocenters. The Morgan fingerprint density at radius 2 is 0.760 bits per heavy atom. The van der Waals surface area contributed by atoms with Gasteiger partial charge in [-0.15, -0.1) is 0 Å². The van der Waals surface area contributed by atoms with Crippen LogP contribution in [0.2, 0.25) is 0 Å². The fourth-order valence-electron chi connectivity index (χ4n) is 4.79. The van der Waals surface area contributed by atoms with Crippen molar-refractivity contribution in [1.82, 2.24) is 0 Å². The summed E-state index contributed by atoms with van der Waals surface area (Å²) in [5.41, 5.74) is 9.48. The molecule has 0 N–H and O–H groups in total. The van der Waals surface area contributed by atoms with Gasteiger partial charge in [0.05, 0.1) is 0 Å². The Kier molecular flexibility index (Phi) is 19.5. The second-order valence-corrected chi connectivity index (χ2v) is 13.8. The van der Waals surface area contributed by atoms with Gasteiger partial charge in [0.1, 0.15) is 13.1 Å². The zero-order valence-corrected chi connectivity index (χ0v) is 33.4. The van der Waals surface area contributed by atoms with Crippen molar-refractivity contribution < 1.29 is 9.13 Å². The van der Waals surface area contributed by atoms with Gasteiger partial charge in [0, 0.05) is 94.7 Å². The molecule has 0 amide bonds. The number of aromatic nitrogens is 2. The first-order valence-corrected chi connectivity index (χ1v) is 19.8. The molecule has 0 saturated carbocycles. The molecule has 4 heteroatoms. The molecule has 2 heterocycles. The van der Waals surface area contributed by atoms with Crippen molar-refractivity contribution in [1.29, 1.82) is 0 Å². The number of hydrogen-bond donors (Lipinski definition) is 0. The van der Waals surface area contributed by atoms with Crippen LogP contribution in [0.1, 0.15) is 95.9 Å². The zero-order valence-electron chi connectivity index (χ0n) is 30.2. The van der Waals surface area contributed by atoms with Crippen molar-refractivity contribution >= 4 is 31.9 Å². The van der Waals surface area contributed by atoms with E-state index < -0.39 is 0 Å². The maximum absolute atomic E-state index is 3.41. The van der Waals surface area contributed by atoms with Gasteiger partial charge in [0.15, 0.2) is 24.8 Å². The van der Waals surface area contributed by atoms with Crippen LogP contribution in [0.4, 0.5) is 0 Å². The van der Waals surface area contributed by atoms with Crippen LogP contribution >= 0.6 is 31.9 Å². The third kappa shape index (κ3) is 15.7. The second-order valence-electron chi connectivity index (χ2n) is 12.2. The minimum atomic E-state index is 0.884. The maximum atomic E-state index is 3.41. The lowest BCUT2D eigenvalue weighted by Crippen LogP contribution is -2.33. The normalized spacial score (nSPS) is 9.72. The average Bonchev–Trinajstić information content (AvgIpc) is 3.12. The summed E-state index contributed by atoms with van der Waals surface area (Å²) in [7, 11) is 0. The summed E-state index contributed by atoms with van der Waals surface area (Å²) >= 11 is 6.81. The lowest BCUT2D eigenvalue weighted by molar-refractivity contribution is -0.697. The lowest BCUT2D eigenvalue weighted by Gasteiger charge is -1.99. The van der Waals surface area contributed by atoms with E-state index in [-0.39, 0.29) is 0 Å². The van der Waals surface area contributed by atoms with Crippen LogP contribution in [-0.2, 0) is 13.1 Å². The van der Waals surface area contributed by atoms with Crippen LogP contribution in [-0.4, -0.2) is 10.7 Å². The molecule has 2 aromatic carbocycles. The maximum Gasteiger partial charge on any atom is 0.171 e. The van der Waals surface area contributed by atoms with Crippen LogP contribution in [0.5, 0.6) is 0 Å². The molecule has 4 rings (SSSR count). The number of aryl methyl sites for hydroxylation is 6. The highest BCUT2D eigenvalue weighted by Gasteiger charge is 2.03. The summed E-state index contributed by atoms with van der Waals surface area (Å²) < 4.78 is 4.50. The Hall–Kier alpha value is -4.06. The van der Waals surface area contributed by atoms with Crippen LogP contribution in [0.25, 0.3) is 0 Å². The summed E-state index contributed by atoms with van der Waals surface area (Å²) in [6, 6.07) is 20.7. The highest BCUT2D eigenvalue weighted by molar-refractivity contribution is 9.09. The Morgan fingerprint density at radius 3 is 1.06 bits per heavy atom. The molecule has 0 fully saturated rings. The summed E-state index contributed by atoms with van der Waals surface area (Å²) in [5, 5.41) is 2.02. The molecule has 4 aromatic rings. The predicted molar refractivity (Wildman–Crippen MR) is 217 cm³/mol. The fourth-order valence-corrected chi connectivity index (χ4v) is 5.35. The molecule has 50 heavy (non-hydrogen) atoms. The second kappa shape index (κ2) is 24.2. The van der Waals surface area contributed by atoms with Gasteiger partial charge >= 0.3 is 0 Å². The van der Waals surface area contributed by atoms with Crippen LogP contribution in [0, 0.1) is 75.1 Å². The smallest absolute Gasteiger partial charge is 0.171 e. The minimum Gasteiger partial charge on any atom is -0.205 e. The lowest BCUT2D eigenvalue weighted by atomic mass is 10.1. The topological polar surface area (TPSA) is 7.76 Å². The highest BCUT2D eigenvalue weighted by Crippen LogP contribution is 2.08.